The molecule has 0 unspecified atom stereocenters. The number of rotatable bonds is 4. The molecule has 0 saturated heterocycles. The number of nitrogens with two attached hydrogens (primary N) is 1. The zero-order valence-corrected chi connectivity index (χ0v) is 15.5. The largest absolute Gasteiger partial charge is 0.382 e. The third kappa shape index (κ3) is 4.09. The molecular weight excluding hydrogens is 366 g/mol. The number of carbonyl (C=O) groups is 1. The number of pyridine rings is 1. The van der Waals surface area contributed by atoms with Crippen LogP contribution >= 0.6 is 0 Å². The second kappa shape index (κ2) is 7.12. The lowest BCUT2D eigenvalue weighted by Gasteiger charge is -2.10. The van der Waals surface area contributed by atoms with Crippen molar-refractivity contribution in [2.24, 2.45) is 0 Å². The minimum atomic E-state index is -3.29. The van der Waals surface area contributed by atoms with Gasteiger partial charge < -0.3 is 11.1 Å². The molecule has 3 aromatic rings. The van der Waals surface area contributed by atoms with Crippen LogP contribution in [0.5, 0.6) is 0 Å². The molecule has 3 rings (SSSR count). The molecule has 0 fully saturated rings. The summed E-state index contributed by atoms with van der Waals surface area (Å²) in [5.74, 6) is -0.517. The van der Waals surface area contributed by atoms with Crippen molar-refractivity contribution in [3.05, 3.63) is 60.2 Å². The lowest BCUT2D eigenvalue weighted by molar-refractivity contribution is 0.102. The van der Waals surface area contributed by atoms with E-state index >= 15 is 0 Å². The normalized spacial score (nSPS) is 11.2. The molecule has 0 aliphatic heterocycles. The number of sulfone groups is 1. The number of aryl methyl sites for hydroxylation is 1. The Morgan fingerprint density at radius 1 is 1.11 bits per heavy atom. The summed E-state index contributed by atoms with van der Waals surface area (Å²) in [4.78, 5) is 25.2. The van der Waals surface area contributed by atoms with Gasteiger partial charge in [-0.3, -0.25) is 9.78 Å². The molecule has 0 saturated carbocycles. The molecule has 2 aromatic heterocycles. The highest BCUT2D eigenvalue weighted by atomic mass is 32.2. The SMILES string of the molecule is Cc1ncccc1NC(=O)c1nc(-c2ccc(S(C)(=O)=O)cc2)cnc1N. The Labute approximate surface area is 156 Å². The molecule has 0 atom stereocenters. The summed E-state index contributed by atoms with van der Waals surface area (Å²) in [5, 5.41) is 2.71. The van der Waals surface area contributed by atoms with Gasteiger partial charge in [0, 0.05) is 18.0 Å². The van der Waals surface area contributed by atoms with E-state index in [9.17, 15) is 13.2 Å². The third-order valence-corrected chi connectivity index (χ3v) is 4.98. The van der Waals surface area contributed by atoms with Crippen LogP contribution in [-0.2, 0) is 9.84 Å². The van der Waals surface area contributed by atoms with E-state index in [0.717, 1.165) is 6.26 Å². The summed E-state index contributed by atoms with van der Waals surface area (Å²) in [6, 6.07) is 9.57. The van der Waals surface area contributed by atoms with Gasteiger partial charge in [0.2, 0.25) is 0 Å². The van der Waals surface area contributed by atoms with Crippen LogP contribution in [0, 0.1) is 6.92 Å². The summed E-state index contributed by atoms with van der Waals surface area (Å²) in [6.45, 7) is 1.77. The van der Waals surface area contributed by atoms with Gasteiger partial charge in [-0.25, -0.2) is 18.4 Å². The quantitative estimate of drug-likeness (QED) is 0.706. The maximum Gasteiger partial charge on any atom is 0.278 e. The number of anilines is 2. The van der Waals surface area contributed by atoms with E-state index in [-0.39, 0.29) is 16.4 Å². The number of carbonyl (C=O) groups excluding carboxylic acids is 1. The molecule has 0 spiro atoms. The van der Waals surface area contributed by atoms with Crippen molar-refractivity contribution >= 4 is 27.2 Å². The van der Waals surface area contributed by atoms with Crippen LogP contribution in [-0.4, -0.2) is 35.5 Å². The molecule has 0 aliphatic carbocycles. The number of aromatic nitrogens is 3. The second-order valence-corrected chi connectivity index (χ2v) is 7.89. The molecule has 8 nitrogen and oxygen atoms in total. The smallest absolute Gasteiger partial charge is 0.278 e. The van der Waals surface area contributed by atoms with Crippen molar-refractivity contribution in [2.75, 3.05) is 17.3 Å². The van der Waals surface area contributed by atoms with Crippen LogP contribution in [0.1, 0.15) is 16.2 Å². The Morgan fingerprint density at radius 2 is 1.81 bits per heavy atom. The highest BCUT2D eigenvalue weighted by Gasteiger charge is 2.16. The van der Waals surface area contributed by atoms with E-state index in [4.69, 9.17) is 5.73 Å². The van der Waals surface area contributed by atoms with Crippen molar-refractivity contribution < 1.29 is 13.2 Å². The lowest BCUT2D eigenvalue weighted by atomic mass is 10.1. The molecule has 2 heterocycles. The first-order chi connectivity index (χ1) is 12.8. The molecule has 9 heteroatoms. The van der Waals surface area contributed by atoms with Gasteiger partial charge in [-0.2, -0.15) is 0 Å². The molecule has 1 aromatic carbocycles. The Balaban J connectivity index is 1.92. The Kier molecular flexibility index (Phi) is 4.87. The monoisotopic (exact) mass is 383 g/mol. The van der Waals surface area contributed by atoms with E-state index in [1.165, 1.54) is 18.3 Å². The van der Waals surface area contributed by atoms with Crippen LogP contribution < -0.4 is 11.1 Å². The molecular formula is C18H17N5O3S. The lowest BCUT2D eigenvalue weighted by Crippen LogP contribution is -2.18. The predicted molar refractivity (Wildman–Crippen MR) is 102 cm³/mol. The number of nitrogen functional groups attached to an aromatic ring is 1. The molecule has 1 amide bonds. The van der Waals surface area contributed by atoms with E-state index in [1.807, 2.05) is 0 Å². The van der Waals surface area contributed by atoms with Crippen LogP contribution in [0.3, 0.4) is 0 Å². The van der Waals surface area contributed by atoms with Crippen molar-refractivity contribution in [1.82, 2.24) is 15.0 Å². The molecule has 27 heavy (non-hydrogen) atoms. The van der Waals surface area contributed by atoms with E-state index in [0.29, 0.717) is 22.6 Å². The summed E-state index contributed by atoms with van der Waals surface area (Å²) >= 11 is 0. The maximum absolute atomic E-state index is 12.6. The first-order valence-electron chi connectivity index (χ1n) is 7.91. The van der Waals surface area contributed by atoms with Gasteiger partial charge in [-0.1, -0.05) is 12.1 Å². The fourth-order valence-electron chi connectivity index (χ4n) is 2.38. The van der Waals surface area contributed by atoms with Gasteiger partial charge in [0.15, 0.2) is 21.3 Å². The fraction of sp³-hybridized carbons (Fsp3) is 0.111. The molecule has 0 aliphatic rings. The fourth-order valence-corrected chi connectivity index (χ4v) is 3.01. The average molecular weight is 383 g/mol. The predicted octanol–water partition coefficient (Wildman–Crippen LogP) is 2.09. The summed E-state index contributed by atoms with van der Waals surface area (Å²) in [7, 11) is -3.29. The van der Waals surface area contributed by atoms with Gasteiger partial charge in [0.25, 0.3) is 5.91 Å². The second-order valence-electron chi connectivity index (χ2n) is 5.88. The van der Waals surface area contributed by atoms with Crippen LogP contribution in [0.2, 0.25) is 0 Å². The average Bonchev–Trinajstić information content (AvgIpc) is 2.63. The van der Waals surface area contributed by atoms with Gasteiger partial charge in [0.05, 0.1) is 28.2 Å². The Bertz CT molecular complexity index is 1110. The number of nitrogens with one attached hydrogen (secondary N) is 1. The highest BCUT2D eigenvalue weighted by molar-refractivity contribution is 7.90. The van der Waals surface area contributed by atoms with Gasteiger partial charge in [0.1, 0.15) is 0 Å². The Hall–Kier alpha value is -3.33. The zero-order valence-electron chi connectivity index (χ0n) is 14.7. The number of hydrogen-bond donors (Lipinski definition) is 2. The number of amides is 1. The van der Waals surface area contributed by atoms with Crippen molar-refractivity contribution in [3.63, 3.8) is 0 Å². The highest BCUT2D eigenvalue weighted by Crippen LogP contribution is 2.21. The van der Waals surface area contributed by atoms with Crippen molar-refractivity contribution in [3.8, 4) is 11.3 Å². The van der Waals surface area contributed by atoms with Gasteiger partial charge >= 0.3 is 0 Å². The van der Waals surface area contributed by atoms with Gasteiger partial charge in [-0.15, -0.1) is 0 Å². The minimum absolute atomic E-state index is 0.00875. The number of hydrogen-bond acceptors (Lipinski definition) is 7. The van der Waals surface area contributed by atoms with E-state index < -0.39 is 15.7 Å². The first-order valence-corrected chi connectivity index (χ1v) is 9.81. The molecule has 138 valence electrons. The molecule has 0 bridgehead atoms. The van der Waals surface area contributed by atoms with Gasteiger partial charge in [-0.05, 0) is 31.2 Å². The van der Waals surface area contributed by atoms with E-state index in [1.54, 1.807) is 37.4 Å². The maximum atomic E-state index is 12.6. The van der Waals surface area contributed by atoms with Crippen LogP contribution in [0.25, 0.3) is 11.3 Å². The van der Waals surface area contributed by atoms with Crippen molar-refractivity contribution in [2.45, 2.75) is 11.8 Å². The number of benzene rings is 1. The number of nitrogens with zero attached hydrogens (tertiary/aromatic N) is 3. The summed E-state index contributed by atoms with van der Waals surface area (Å²) < 4.78 is 23.1. The third-order valence-electron chi connectivity index (χ3n) is 3.85. The molecule has 3 N–H and O–H groups in total. The topological polar surface area (TPSA) is 128 Å². The summed E-state index contributed by atoms with van der Waals surface area (Å²) in [6.07, 6.45) is 4.19. The summed E-state index contributed by atoms with van der Waals surface area (Å²) in [5.41, 5.74) is 8.00. The van der Waals surface area contributed by atoms with E-state index in [2.05, 4.69) is 20.3 Å². The first kappa shape index (κ1) is 18.5. The Morgan fingerprint density at radius 3 is 2.44 bits per heavy atom. The molecule has 0 radical (unpaired) electrons. The standard InChI is InChI=1S/C18H17N5O3S/c1-11-14(4-3-9-20-11)23-18(24)16-17(19)21-10-15(22-16)12-5-7-13(8-6-12)27(2,25)26/h3-10H,1-2H3,(H2,19,21)(H,23,24). The van der Waals surface area contributed by atoms with Crippen LogP contribution in [0.15, 0.2) is 53.7 Å². The zero-order chi connectivity index (χ0) is 19.6. The minimum Gasteiger partial charge on any atom is -0.382 e. The van der Waals surface area contributed by atoms with Crippen LogP contribution in [0.4, 0.5) is 11.5 Å². The van der Waals surface area contributed by atoms with Crippen molar-refractivity contribution in [1.29, 1.82) is 0 Å².